The van der Waals surface area contributed by atoms with Gasteiger partial charge in [0.15, 0.2) is 5.82 Å². The fourth-order valence-corrected chi connectivity index (χ4v) is 3.47. The molecule has 2 aromatic rings. The number of hydrogen-bond donors (Lipinski definition) is 0. The molecule has 8 heteroatoms. The molecule has 2 amide bonds. The molecule has 0 aliphatic carbocycles. The second-order valence-corrected chi connectivity index (χ2v) is 7.30. The molecule has 1 unspecified atom stereocenters. The monoisotopic (exact) mass is 389 g/mol. The summed E-state index contributed by atoms with van der Waals surface area (Å²) in [6, 6.07) is 7.44. The lowest BCUT2D eigenvalue weighted by Gasteiger charge is -2.34. The molecule has 0 spiro atoms. The van der Waals surface area contributed by atoms with Crippen molar-refractivity contribution in [1.29, 1.82) is 0 Å². The SMILES string of the molecule is CCn1cnnc1CN(C)C(=O)C1CCC(=O)N(Cc2ccc(Cl)cc2)C1. The van der Waals surface area contributed by atoms with Crippen LogP contribution in [0.15, 0.2) is 30.6 Å². The molecule has 27 heavy (non-hydrogen) atoms. The molecule has 1 fully saturated rings. The van der Waals surface area contributed by atoms with Crippen molar-refractivity contribution in [3.63, 3.8) is 0 Å². The second-order valence-electron chi connectivity index (χ2n) is 6.86. The number of nitrogens with zero attached hydrogens (tertiary/aromatic N) is 5. The van der Waals surface area contributed by atoms with Gasteiger partial charge in [0.1, 0.15) is 6.33 Å². The minimum absolute atomic E-state index is 0.0364. The number of rotatable bonds is 6. The molecule has 7 nitrogen and oxygen atoms in total. The summed E-state index contributed by atoms with van der Waals surface area (Å²) in [7, 11) is 1.77. The lowest BCUT2D eigenvalue weighted by atomic mass is 9.95. The molecule has 0 N–H and O–H groups in total. The van der Waals surface area contributed by atoms with Crippen LogP contribution in [0.25, 0.3) is 0 Å². The second kappa shape index (κ2) is 8.52. The zero-order valence-electron chi connectivity index (χ0n) is 15.6. The number of aromatic nitrogens is 3. The van der Waals surface area contributed by atoms with Gasteiger partial charge < -0.3 is 14.4 Å². The van der Waals surface area contributed by atoms with Crippen molar-refractivity contribution in [2.75, 3.05) is 13.6 Å². The molecule has 2 heterocycles. The van der Waals surface area contributed by atoms with Crippen molar-refractivity contribution in [2.45, 2.75) is 39.4 Å². The first kappa shape index (κ1) is 19.4. The van der Waals surface area contributed by atoms with Crippen LogP contribution in [-0.2, 0) is 29.2 Å². The molecular formula is C19H24ClN5O2. The van der Waals surface area contributed by atoms with E-state index in [4.69, 9.17) is 11.6 Å². The summed E-state index contributed by atoms with van der Waals surface area (Å²) < 4.78 is 1.92. The van der Waals surface area contributed by atoms with Crippen LogP contribution >= 0.6 is 11.6 Å². The maximum Gasteiger partial charge on any atom is 0.227 e. The van der Waals surface area contributed by atoms with Gasteiger partial charge in [0.25, 0.3) is 0 Å². The molecule has 0 radical (unpaired) electrons. The van der Waals surface area contributed by atoms with Crippen LogP contribution in [0.1, 0.15) is 31.2 Å². The molecule has 0 saturated carbocycles. The number of carbonyl (C=O) groups excluding carboxylic acids is 2. The van der Waals surface area contributed by atoms with Gasteiger partial charge in [0, 0.05) is 38.1 Å². The summed E-state index contributed by atoms with van der Waals surface area (Å²) in [5, 5.41) is 8.66. The number of benzene rings is 1. The average Bonchev–Trinajstić information content (AvgIpc) is 3.11. The average molecular weight is 390 g/mol. The Labute approximate surface area is 163 Å². The highest BCUT2D eigenvalue weighted by Gasteiger charge is 2.32. The quantitative estimate of drug-likeness (QED) is 0.760. The van der Waals surface area contributed by atoms with E-state index in [2.05, 4.69) is 10.2 Å². The van der Waals surface area contributed by atoms with Crippen LogP contribution in [0.3, 0.4) is 0 Å². The number of carbonyl (C=O) groups is 2. The van der Waals surface area contributed by atoms with E-state index >= 15 is 0 Å². The normalized spacial score (nSPS) is 17.2. The van der Waals surface area contributed by atoms with E-state index in [0.717, 1.165) is 17.9 Å². The van der Waals surface area contributed by atoms with E-state index in [9.17, 15) is 9.59 Å². The van der Waals surface area contributed by atoms with Gasteiger partial charge in [0.2, 0.25) is 11.8 Å². The number of aryl methyl sites for hydroxylation is 1. The Morgan fingerprint density at radius 1 is 1.33 bits per heavy atom. The van der Waals surface area contributed by atoms with Gasteiger partial charge in [-0.15, -0.1) is 10.2 Å². The summed E-state index contributed by atoms with van der Waals surface area (Å²) >= 11 is 5.92. The van der Waals surface area contributed by atoms with Gasteiger partial charge in [-0.2, -0.15) is 0 Å². The first-order valence-corrected chi connectivity index (χ1v) is 9.49. The van der Waals surface area contributed by atoms with Crippen LogP contribution < -0.4 is 0 Å². The first-order chi connectivity index (χ1) is 13.0. The van der Waals surface area contributed by atoms with Crippen molar-refractivity contribution in [2.24, 2.45) is 5.92 Å². The van der Waals surface area contributed by atoms with Gasteiger partial charge in [-0.25, -0.2) is 0 Å². The third kappa shape index (κ3) is 4.66. The molecule has 1 aliphatic rings. The minimum Gasteiger partial charge on any atom is -0.338 e. The van der Waals surface area contributed by atoms with E-state index < -0.39 is 0 Å². The Kier molecular flexibility index (Phi) is 6.11. The van der Waals surface area contributed by atoms with Crippen molar-refractivity contribution in [3.8, 4) is 0 Å². The molecule has 1 saturated heterocycles. The standard InChI is InChI=1S/C19H24ClN5O2/c1-3-24-13-21-22-17(24)12-23(2)19(27)15-6-9-18(26)25(11-15)10-14-4-7-16(20)8-5-14/h4-5,7-8,13,15H,3,6,9-12H2,1-2H3. The summed E-state index contributed by atoms with van der Waals surface area (Å²) in [5.41, 5.74) is 1.00. The minimum atomic E-state index is -0.196. The Hall–Kier alpha value is -2.41. The number of amides is 2. The van der Waals surface area contributed by atoms with E-state index in [1.165, 1.54) is 0 Å². The summed E-state index contributed by atoms with van der Waals surface area (Å²) in [6.07, 6.45) is 2.64. The maximum atomic E-state index is 12.9. The molecular weight excluding hydrogens is 366 g/mol. The van der Waals surface area contributed by atoms with Crippen molar-refractivity contribution < 1.29 is 9.59 Å². The van der Waals surface area contributed by atoms with E-state index in [0.29, 0.717) is 37.5 Å². The molecule has 1 aromatic heterocycles. The number of hydrogen-bond acceptors (Lipinski definition) is 4. The zero-order chi connectivity index (χ0) is 19.4. The molecule has 144 valence electrons. The molecule has 3 rings (SSSR count). The summed E-state index contributed by atoms with van der Waals surface area (Å²) in [4.78, 5) is 28.6. The Morgan fingerprint density at radius 2 is 2.07 bits per heavy atom. The van der Waals surface area contributed by atoms with Gasteiger partial charge in [-0.3, -0.25) is 9.59 Å². The zero-order valence-corrected chi connectivity index (χ0v) is 16.4. The number of piperidine rings is 1. The number of halogens is 1. The van der Waals surface area contributed by atoms with Crippen molar-refractivity contribution in [1.82, 2.24) is 24.6 Å². The van der Waals surface area contributed by atoms with Crippen LogP contribution in [0.2, 0.25) is 5.02 Å². The molecule has 1 aliphatic heterocycles. The van der Waals surface area contributed by atoms with Gasteiger partial charge >= 0.3 is 0 Å². The van der Waals surface area contributed by atoms with Crippen molar-refractivity contribution >= 4 is 23.4 Å². The predicted octanol–water partition coefficient (Wildman–Crippen LogP) is 2.35. The van der Waals surface area contributed by atoms with Crippen LogP contribution in [0.5, 0.6) is 0 Å². The van der Waals surface area contributed by atoms with Gasteiger partial charge in [-0.1, -0.05) is 23.7 Å². The first-order valence-electron chi connectivity index (χ1n) is 9.11. The highest BCUT2D eigenvalue weighted by molar-refractivity contribution is 6.30. The lowest BCUT2D eigenvalue weighted by Crippen LogP contribution is -2.45. The summed E-state index contributed by atoms with van der Waals surface area (Å²) in [6.45, 7) is 4.11. The van der Waals surface area contributed by atoms with Crippen LogP contribution in [-0.4, -0.2) is 50.0 Å². The van der Waals surface area contributed by atoms with Gasteiger partial charge in [-0.05, 0) is 31.0 Å². The fraction of sp³-hybridized carbons (Fsp3) is 0.474. The third-order valence-electron chi connectivity index (χ3n) is 4.93. The van der Waals surface area contributed by atoms with Crippen LogP contribution in [0.4, 0.5) is 0 Å². The third-order valence-corrected chi connectivity index (χ3v) is 5.18. The van der Waals surface area contributed by atoms with Crippen LogP contribution in [0, 0.1) is 5.92 Å². The largest absolute Gasteiger partial charge is 0.338 e. The lowest BCUT2D eigenvalue weighted by molar-refractivity contribution is -0.143. The molecule has 1 atom stereocenters. The topological polar surface area (TPSA) is 71.3 Å². The highest BCUT2D eigenvalue weighted by atomic mass is 35.5. The summed E-state index contributed by atoms with van der Waals surface area (Å²) in [5.74, 6) is 0.688. The fourth-order valence-electron chi connectivity index (χ4n) is 3.35. The molecule has 1 aromatic carbocycles. The smallest absolute Gasteiger partial charge is 0.227 e. The Bertz CT molecular complexity index is 805. The van der Waals surface area contributed by atoms with Gasteiger partial charge in [0.05, 0.1) is 12.5 Å². The maximum absolute atomic E-state index is 12.9. The predicted molar refractivity (Wildman–Crippen MR) is 102 cm³/mol. The van der Waals surface area contributed by atoms with E-state index in [-0.39, 0.29) is 17.7 Å². The molecule has 0 bridgehead atoms. The van der Waals surface area contributed by atoms with E-state index in [1.807, 2.05) is 35.8 Å². The Balaban J connectivity index is 1.62. The van der Waals surface area contributed by atoms with Crippen molar-refractivity contribution in [3.05, 3.63) is 47.0 Å². The highest BCUT2D eigenvalue weighted by Crippen LogP contribution is 2.22. The number of likely N-dealkylation sites (tertiary alicyclic amines) is 1. The Morgan fingerprint density at radius 3 is 2.78 bits per heavy atom. The van der Waals surface area contributed by atoms with E-state index in [1.54, 1.807) is 23.2 Å².